The van der Waals surface area contributed by atoms with Crippen molar-refractivity contribution in [1.82, 2.24) is 5.32 Å². The molecule has 1 aromatic heterocycles. The molecule has 0 amide bonds. The Labute approximate surface area is 112 Å². The van der Waals surface area contributed by atoms with Crippen molar-refractivity contribution in [1.29, 1.82) is 0 Å². The number of para-hydroxylation sites is 1. The smallest absolute Gasteiger partial charge is 0.152 e. The fourth-order valence-corrected chi connectivity index (χ4v) is 2.47. The van der Waals surface area contributed by atoms with E-state index in [0.717, 1.165) is 23.2 Å². The number of fused-ring (bicyclic) bond motifs is 1. The van der Waals surface area contributed by atoms with Gasteiger partial charge in [0.25, 0.3) is 0 Å². The molecule has 2 aromatic rings. The van der Waals surface area contributed by atoms with E-state index < -0.39 is 0 Å². The van der Waals surface area contributed by atoms with Gasteiger partial charge in [-0.15, -0.1) is 0 Å². The second-order valence-electron chi connectivity index (χ2n) is 4.26. The molecule has 2 atom stereocenters. The van der Waals surface area contributed by atoms with Crippen molar-refractivity contribution in [2.24, 2.45) is 0 Å². The first kappa shape index (κ1) is 13.4. The SMILES string of the molecule is CCC(OC)C(NC)c1cc2cccc(Cl)c2o1. The number of hydrogen-bond donors (Lipinski definition) is 1. The summed E-state index contributed by atoms with van der Waals surface area (Å²) in [4.78, 5) is 0. The molecule has 18 heavy (non-hydrogen) atoms. The van der Waals surface area contributed by atoms with Gasteiger partial charge < -0.3 is 14.5 Å². The predicted molar refractivity (Wildman–Crippen MR) is 74.1 cm³/mol. The van der Waals surface area contributed by atoms with Gasteiger partial charge in [0.05, 0.1) is 17.2 Å². The van der Waals surface area contributed by atoms with Crippen molar-refractivity contribution in [2.45, 2.75) is 25.5 Å². The van der Waals surface area contributed by atoms with Gasteiger partial charge >= 0.3 is 0 Å². The van der Waals surface area contributed by atoms with Gasteiger partial charge in [-0.3, -0.25) is 0 Å². The number of nitrogens with one attached hydrogen (secondary N) is 1. The quantitative estimate of drug-likeness (QED) is 0.895. The monoisotopic (exact) mass is 267 g/mol. The number of ether oxygens (including phenoxy) is 1. The first-order chi connectivity index (χ1) is 8.71. The fraction of sp³-hybridized carbons (Fsp3) is 0.429. The van der Waals surface area contributed by atoms with Crippen LogP contribution in [0.3, 0.4) is 0 Å². The molecular weight excluding hydrogens is 250 g/mol. The zero-order chi connectivity index (χ0) is 13.1. The van der Waals surface area contributed by atoms with Crippen LogP contribution in [0.4, 0.5) is 0 Å². The van der Waals surface area contributed by atoms with Gasteiger partial charge in [-0.2, -0.15) is 0 Å². The van der Waals surface area contributed by atoms with E-state index in [0.29, 0.717) is 5.02 Å². The van der Waals surface area contributed by atoms with Crippen molar-refractivity contribution in [3.05, 3.63) is 35.0 Å². The summed E-state index contributed by atoms with van der Waals surface area (Å²) in [5, 5.41) is 4.89. The summed E-state index contributed by atoms with van der Waals surface area (Å²) in [6.07, 6.45) is 0.988. The average molecular weight is 268 g/mol. The van der Waals surface area contributed by atoms with E-state index >= 15 is 0 Å². The van der Waals surface area contributed by atoms with Crippen LogP contribution in [0.15, 0.2) is 28.7 Å². The summed E-state index contributed by atoms with van der Waals surface area (Å²) in [5.41, 5.74) is 0.736. The van der Waals surface area contributed by atoms with Crippen molar-refractivity contribution >= 4 is 22.6 Å². The molecular formula is C14H18ClNO2. The lowest BCUT2D eigenvalue weighted by Crippen LogP contribution is -2.30. The van der Waals surface area contributed by atoms with Crippen LogP contribution in [0.25, 0.3) is 11.0 Å². The highest BCUT2D eigenvalue weighted by Crippen LogP contribution is 2.31. The molecule has 0 fully saturated rings. The second-order valence-corrected chi connectivity index (χ2v) is 4.66. The topological polar surface area (TPSA) is 34.4 Å². The minimum absolute atomic E-state index is 0.0310. The Bertz CT molecular complexity index is 519. The van der Waals surface area contributed by atoms with Crippen molar-refractivity contribution < 1.29 is 9.15 Å². The molecule has 0 saturated carbocycles. The minimum Gasteiger partial charge on any atom is -0.458 e. The maximum absolute atomic E-state index is 6.12. The number of furan rings is 1. The molecule has 0 spiro atoms. The zero-order valence-corrected chi connectivity index (χ0v) is 11.6. The first-order valence-electron chi connectivity index (χ1n) is 6.09. The molecule has 0 aliphatic heterocycles. The third-order valence-electron chi connectivity index (χ3n) is 3.21. The molecule has 1 N–H and O–H groups in total. The van der Waals surface area contributed by atoms with Crippen LogP contribution in [-0.2, 0) is 4.74 Å². The van der Waals surface area contributed by atoms with Gasteiger partial charge in [0.1, 0.15) is 5.76 Å². The van der Waals surface area contributed by atoms with E-state index in [-0.39, 0.29) is 12.1 Å². The number of halogens is 1. The Balaban J connectivity index is 2.42. The van der Waals surface area contributed by atoms with E-state index in [1.165, 1.54) is 0 Å². The van der Waals surface area contributed by atoms with Gasteiger partial charge in [-0.1, -0.05) is 30.7 Å². The van der Waals surface area contributed by atoms with Crippen LogP contribution in [0.1, 0.15) is 25.1 Å². The average Bonchev–Trinajstić information content (AvgIpc) is 2.80. The molecule has 0 aliphatic rings. The van der Waals surface area contributed by atoms with Crippen LogP contribution in [0, 0.1) is 0 Å². The van der Waals surface area contributed by atoms with Crippen LogP contribution in [-0.4, -0.2) is 20.3 Å². The third-order valence-corrected chi connectivity index (χ3v) is 3.51. The lowest BCUT2D eigenvalue weighted by atomic mass is 10.1. The molecule has 4 heteroatoms. The molecule has 0 saturated heterocycles. The predicted octanol–water partition coefficient (Wildman–Crippen LogP) is 3.77. The second kappa shape index (κ2) is 5.74. The Hall–Kier alpha value is -1.03. The normalized spacial score (nSPS) is 14.9. The van der Waals surface area contributed by atoms with Crippen LogP contribution in [0.5, 0.6) is 0 Å². The molecule has 0 radical (unpaired) electrons. The van der Waals surface area contributed by atoms with Crippen molar-refractivity contribution in [3.63, 3.8) is 0 Å². The molecule has 1 aromatic carbocycles. The number of benzene rings is 1. The summed E-state index contributed by atoms with van der Waals surface area (Å²) < 4.78 is 11.3. The maximum Gasteiger partial charge on any atom is 0.152 e. The lowest BCUT2D eigenvalue weighted by molar-refractivity contribution is 0.0611. The Morgan fingerprint density at radius 2 is 2.22 bits per heavy atom. The summed E-state index contributed by atoms with van der Waals surface area (Å²) >= 11 is 6.12. The standard InChI is InChI=1S/C14H18ClNO2/c1-4-11(17-3)13(16-2)12-8-9-6-5-7-10(15)14(9)18-12/h5-8,11,13,16H,4H2,1-3H3. The van der Waals surface area contributed by atoms with Gasteiger partial charge in [0.2, 0.25) is 0 Å². The van der Waals surface area contributed by atoms with Gasteiger partial charge in [-0.25, -0.2) is 0 Å². The molecule has 98 valence electrons. The van der Waals surface area contributed by atoms with E-state index in [1.54, 1.807) is 7.11 Å². The first-order valence-corrected chi connectivity index (χ1v) is 6.47. The molecule has 1 heterocycles. The summed E-state index contributed by atoms with van der Waals surface area (Å²) in [6, 6.07) is 7.80. The zero-order valence-electron chi connectivity index (χ0n) is 10.9. The molecule has 2 rings (SSSR count). The number of likely N-dealkylation sites (N-methyl/N-ethyl adjacent to an activating group) is 1. The van der Waals surface area contributed by atoms with E-state index in [2.05, 4.69) is 12.2 Å². The maximum atomic E-state index is 6.12. The number of methoxy groups -OCH3 is 1. The van der Waals surface area contributed by atoms with Crippen molar-refractivity contribution in [3.8, 4) is 0 Å². The third kappa shape index (κ3) is 2.39. The highest BCUT2D eigenvalue weighted by Gasteiger charge is 2.23. The largest absolute Gasteiger partial charge is 0.458 e. The van der Waals surface area contributed by atoms with Crippen LogP contribution < -0.4 is 5.32 Å². The van der Waals surface area contributed by atoms with E-state index in [9.17, 15) is 0 Å². The lowest BCUT2D eigenvalue weighted by Gasteiger charge is -2.22. The van der Waals surface area contributed by atoms with Crippen molar-refractivity contribution in [2.75, 3.05) is 14.2 Å². The number of hydrogen-bond acceptors (Lipinski definition) is 3. The summed E-state index contributed by atoms with van der Waals surface area (Å²) in [7, 11) is 3.62. The van der Waals surface area contributed by atoms with E-state index in [1.807, 2.05) is 31.3 Å². The van der Waals surface area contributed by atoms with Gasteiger partial charge in [0.15, 0.2) is 5.58 Å². The molecule has 2 unspecified atom stereocenters. The number of rotatable bonds is 5. The van der Waals surface area contributed by atoms with Gasteiger partial charge in [0, 0.05) is 12.5 Å². The highest BCUT2D eigenvalue weighted by atomic mass is 35.5. The molecule has 3 nitrogen and oxygen atoms in total. The molecule has 0 bridgehead atoms. The Morgan fingerprint density at radius 3 is 2.78 bits per heavy atom. The fourth-order valence-electron chi connectivity index (χ4n) is 2.25. The van der Waals surface area contributed by atoms with Crippen LogP contribution >= 0.6 is 11.6 Å². The Morgan fingerprint density at radius 1 is 1.44 bits per heavy atom. The molecule has 0 aliphatic carbocycles. The highest BCUT2D eigenvalue weighted by molar-refractivity contribution is 6.34. The Kier molecular flexibility index (Phi) is 4.27. The van der Waals surface area contributed by atoms with Crippen LogP contribution in [0.2, 0.25) is 5.02 Å². The van der Waals surface area contributed by atoms with Gasteiger partial charge in [-0.05, 0) is 25.6 Å². The minimum atomic E-state index is 0.0310. The van der Waals surface area contributed by atoms with E-state index in [4.69, 9.17) is 20.8 Å². The summed E-state index contributed by atoms with van der Waals surface area (Å²) in [6.45, 7) is 2.09. The summed E-state index contributed by atoms with van der Waals surface area (Å²) in [5.74, 6) is 0.856.